The fraction of sp³-hybridized carbons (Fsp3) is 1.00. The third kappa shape index (κ3) is 107. The van der Waals surface area contributed by atoms with Crippen LogP contribution in [-0.2, 0) is 0 Å². The lowest BCUT2D eigenvalue weighted by Crippen LogP contribution is -2.44. The van der Waals surface area contributed by atoms with Gasteiger partial charge in [-0.1, -0.05) is 272 Å². The van der Waals surface area contributed by atoms with E-state index in [4.69, 9.17) is 0 Å². The molecule has 0 aromatic rings. The third-order valence-electron chi connectivity index (χ3n) is 13.4. The average molecular weight is 1410 g/mol. The van der Waals surface area contributed by atoms with Gasteiger partial charge in [0, 0.05) is 12.8 Å². The molecule has 0 saturated heterocycles. The van der Waals surface area contributed by atoms with Crippen LogP contribution in [0.4, 0.5) is 105 Å². The second-order valence-corrected chi connectivity index (χ2v) is 28.5. The van der Waals surface area contributed by atoms with Crippen LogP contribution in [0.5, 0.6) is 0 Å². The smallest absolute Gasteiger partial charge is 0.171 e. The summed E-state index contributed by atoms with van der Waals surface area (Å²) in [5.74, 6) is 0.245. The first kappa shape index (κ1) is 117. The molecule has 0 saturated carbocycles. The quantitative estimate of drug-likeness (QED) is 0.120. The van der Waals surface area contributed by atoms with Crippen LogP contribution in [0.3, 0.4) is 0 Å². The van der Waals surface area contributed by atoms with Crippen molar-refractivity contribution in [1.29, 1.82) is 0 Å². The summed E-state index contributed by atoms with van der Waals surface area (Å²) in [4.78, 5) is 0. The summed E-state index contributed by atoms with van der Waals surface area (Å²) in [5, 5.41) is 0. The standard InChI is InChI=1S/C6H8F6.2C6H11F3.5C6H14.C5H6F6.2C5H9F3.C5H12/c1-2-3-4(5(7,8)9)6(10,11)12;1-5(2)3-4-6(7,8)9;1-2-3-4-5-6(7,8)9;2*1-5-6(2,3)4;1-5(2)6(3)4;1-4-5-6(2)3;1-4-6(3)5-2;1-3(2,4(6,7)8)5(9,10)11;1-4(2,3)5(6,7)8;1-3-4(2)5(6,7)8;1-4-5(2)3/h4H,2-3H2,1H3;5H,3-4H2,1-2H3;2-5H2,1H3;2*5H2,1-4H3;5-6H,1-4H3;2*6H,4-5H2,1-3H3;1-2H3;1-3H3;4H,3H2,1-2H3;5H,4H2,1-3H3. The van der Waals surface area contributed by atoms with Crippen LogP contribution in [0.2, 0.25) is 0 Å². The van der Waals surface area contributed by atoms with Gasteiger partial charge >= 0.3 is 49.4 Å². The van der Waals surface area contributed by atoms with Gasteiger partial charge in [-0.2, -0.15) is 105 Å². The van der Waals surface area contributed by atoms with Crippen LogP contribution in [0.25, 0.3) is 0 Å². The lowest BCUT2D eigenvalue weighted by atomic mass is 9.92. The number of hydrogen-bond acceptors (Lipinski definition) is 0. The molecule has 0 heterocycles. The Morgan fingerprint density at radius 3 is 0.598 bits per heavy atom. The molecule has 576 valence electrons. The van der Waals surface area contributed by atoms with Crippen LogP contribution in [0.15, 0.2) is 0 Å². The molecule has 0 aliphatic rings. The number of hydrogen-bond donors (Lipinski definition) is 0. The number of rotatable bonds is 14. The van der Waals surface area contributed by atoms with Gasteiger partial charge in [0.2, 0.25) is 0 Å². The van der Waals surface area contributed by atoms with Crippen molar-refractivity contribution >= 4 is 0 Å². The van der Waals surface area contributed by atoms with Crippen LogP contribution >= 0.6 is 0 Å². The minimum absolute atomic E-state index is 0.104. The van der Waals surface area contributed by atoms with Gasteiger partial charge in [0.25, 0.3) is 0 Å². The first-order chi connectivity index (χ1) is 40.0. The van der Waals surface area contributed by atoms with Crippen molar-refractivity contribution < 1.29 is 105 Å². The monoisotopic (exact) mass is 1410 g/mol. The van der Waals surface area contributed by atoms with Crippen LogP contribution in [-0.4, -0.2) is 49.4 Å². The predicted molar refractivity (Wildman–Crippen MR) is 342 cm³/mol. The molecule has 0 amide bonds. The van der Waals surface area contributed by atoms with E-state index < -0.39 is 91.3 Å². The second-order valence-electron chi connectivity index (χ2n) is 28.5. The molecular formula is C68H136F24. The number of alkyl halides is 24. The van der Waals surface area contributed by atoms with Crippen molar-refractivity contribution in [2.45, 2.75) is 374 Å². The first-order valence-electron chi connectivity index (χ1n) is 32.5. The third-order valence-corrected chi connectivity index (χ3v) is 13.4. The molecule has 0 rings (SSSR count). The summed E-state index contributed by atoms with van der Waals surface area (Å²) in [6, 6.07) is 0. The highest BCUT2D eigenvalue weighted by molar-refractivity contribution is 4.84. The fourth-order valence-corrected chi connectivity index (χ4v) is 3.09. The Bertz CT molecular complexity index is 1420. The minimum Gasteiger partial charge on any atom is -0.171 e. The largest absolute Gasteiger partial charge is 0.402 e. The van der Waals surface area contributed by atoms with Gasteiger partial charge < -0.3 is 0 Å². The average Bonchev–Trinajstić information content (AvgIpc) is 0.818. The Balaban J connectivity index is -0.0000000766. The van der Waals surface area contributed by atoms with Crippen LogP contribution in [0, 0.1) is 69.0 Å². The van der Waals surface area contributed by atoms with Crippen molar-refractivity contribution in [3.8, 4) is 0 Å². The molecule has 92 heavy (non-hydrogen) atoms. The Kier molecular flexibility index (Phi) is 73.1. The molecule has 24 heteroatoms. The van der Waals surface area contributed by atoms with E-state index in [0.717, 1.165) is 56.8 Å². The molecule has 0 fully saturated rings. The van der Waals surface area contributed by atoms with E-state index in [2.05, 4.69) is 145 Å². The second kappa shape index (κ2) is 57.2. The lowest BCUT2D eigenvalue weighted by Gasteiger charge is -2.29. The van der Waals surface area contributed by atoms with Crippen molar-refractivity contribution in [3.05, 3.63) is 0 Å². The van der Waals surface area contributed by atoms with Crippen molar-refractivity contribution in [3.63, 3.8) is 0 Å². The molecule has 0 aromatic heterocycles. The molecule has 1 unspecified atom stereocenters. The van der Waals surface area contributed by atoms with Crippen molar-refractivity contribution in [1.82, 2.24) is 0 Å². The fourth-order valence-electron chi connectivity index (χ4n) is 3.09. The van der Waals surface area contributed by atoms with E-state index in [1.165, 1.54) is 65.7 Å². The molecule has 0 bridgehead atoms. The minimum atomic E-state index is -5.24. The molecule has 0 nitrogen and oxygen atoms in total. The van der Waals surface area contributed by atoms with Crippen molar-refractivity contribution in [2.24, 2.45) is 69.0 Å². The summed E-state index contributed by atoms with van der Waals surface area (Å²) in [6.45, 7) is 60.0. The first-order valence-corrected chi connectivity index (χ1v) is 32.5. The normalized spacial score (nSPS) is 12.8. The summed E-state index contributed by atoms with van der Waals surface area (Å²) >= 11 is 0. The summed E-state index contributed by atoms with van der Waals surface area (Å²) in [7, 11) is 0. The Labute approximate surface area is 546 Å². The van der Waals surface area contributed by atoms with E-state index in [-0.39, 0.29) is 45.4 Å². The molecule has 0 N–H and O–H groups in total. The van der Waals surface area contributed by atoms with Gasteiger partial charge in [0.05, 0.1) is 11.3 Å². The zero-order valence-electron chi connectivity index (χ0n) is 63.0. The molecule has 0 aliphatic heterocycles. The number of unbranched alkanes of at least 4 members (excludes halogenated alkanes) is 2. The van der Waals surface area contributed by atoms with Crippen LogP contribution in [0.1, 0.15) is 324 Å². The van der Waals surface area contributed by atoms with Crippen molar-refractivity contribution in [2.75, 3.05) is 0 Å². The van der Waals surface area contributed by atoms with E-state index in [1.807, 2.05) is 6.92 Å². The highest BCUT2D eigenvalue weighted by Gasteiger charge is 2.64. The lowest BCUT2D eigenvalue weighted by molar-refractivity contribution is -0.327. The Morgan fingerprint density at radius 2 is 0.543 bits per heavy atom. The highest BCUT2D eigenvalue weighted by atomic mass is 19.4. The van der Waals surface area contributed by atoms with E-state index >= 15 is 0 Å². The highest BCUT2D eigenvalue weighted by Crippen LogP contribution is 2.49. The van der Waals surface area contributed by atoms with Gasteiger partial charge in [0.15, 0.2) is 11.3 Å². The Morgan fingerprint density at radius 1 is 0.283 bits per heavy atom. The van der Waals surface area contributed by atoms with Gasteiger partial charge in [-0.25, -0.2) is 0 Å². The maximum Gasteiger partial charge on any atom is 0.402 e. The molecule has 1 atom stereocenters. The van der Waals surface area contributed by atoms with Gasteiger partial charge in [0.1, 0.15) is 0 Å². The SMILES string of the molecule is CC(C)(C(F)(F)F)C(F)(F)F.CC(C)(C)C(F)(F)F.CC(C)C(C)C.CC(C)CCC(F)(F)F.CCC(C)(C)C.CCC(C)(C)C.CCC(C)C.CCC(C)C(F)(F)F.CCC(C)CC.CCCC(C(F)(F)F)C(F)(F)F.CCCC(C)C.CCCCCC(F)(F)F. The maximum atomic E-state index is 11.7. The molecular weight excluding hydrogens is 1270 g/mol. The van der Waals surface area contributed by atoms with E-state index in [9.17, 15) is 105 Å². The topological polar surface area (TPSA) is 0 Å². The van der Waals surface area contributed by atoms with Gasteiger partial charge in [-0.15, -0.1) is 0 Å². The van der Waals surface area contributed by atoms with E-state index in [1.54, 1.807) is 13.8 Å². The summed E-state index contributed by atoms with van der Waals surface area (Å²) in [5.41, 5.74) is -4.10. The van der Waals surface area contributed by atoms with Gasteiger partial charge in [-0.05, 0) is 85.9 Å². The molecule has 0 spiro atoms. The molecule has 0 aliphatic carbocycles. The predicted octanol–water partition coefficient (Wildman–Crippen LogP) is 32.1. The van der Waals surface area contributed by atoms with Gasteiger partial charge in [-0.3, -0.25) is 0 Å². The van der Waals surface area contributed by atoms with Crippen LogP contribution < -0.4 is 0 Å². The molecule has 0 radical (unpaired) electrons. The summed E-state index contributed by atoms with van der Waals surface area (Å²) < 4.78 is 277. The zero-order chi connectivity index (χ0) is 77.9. The summed E-state index contributed by atoms with van der Waals surface area (Å²) in [6.07, 6.45) is -27.7. The molecule has 0 aromatic carbocycles. The maximum absolute atomic E-state index is 11.7. The van der Waals surface area contributed by atoms with E-state index in [0.29, 0.717) is 17.3 Å². The Hall–Kier alpha value is -1.68. The number of halogens is 24. The zero-order valence-corrected chi connectivity index (χ0v) is 63.0.